The highest BCUT2D eigenvalue weighted by Crippen LogP contribution is 2.12. The van der Waals surface area contributed by atoms with Crippen molar-refractivity contribution in [3.63, 3.8) is 0 Å². The van der Waals surface area contributed by atoms with E-state index in [9.17, 15) is 5.11 Å². The second-order valence-electron chi connectivity index (χ2n) is 4.34. The van der Waals surface area contributed by atoms with Gasteiger partial charge < -0.3 is 20.5 Å². The minimum atomic E-state index is -0.353. The van der Waals surface area contributed by atoms with Gasteiger partial charge in [0.1, 0.15) is 18.2 Å². The van der Waals surface area contributed by atoms with Crippen LogP contribution in [0.3, 0.4) is 0 Å². The Balaban J connectivity index is 2.69. The summed E-state index contributed by atoms with van der Waals surface area (Å²) >= 11 is 0. The van der Waals surface area contributed by atoms with Crippen molar-refractivity contribution in [3.8, 4) is 0 Å². The lowest BCUT2D eigenvalue weighted by Gasteiger charge is -2.13. The molecule has 0 aliphatic carbocycles. The van der Waals surface area contributed by atoms with Crippen molar-refractivity contribution >= 4 is 11.6 Å². The monoisotopic (exact) mass is 268 g/mol. The average Bonchev–Trinajstić information content (AvgIpc) is 2.37. The number of ether oxygens (including phenoxy) is 1. The molecule has 0 spiro atoms. The predicted molar refractivity (Wildman–Crippen MR) is 76.3 cm³/mol. The van der Waals surface area contributed by atoms with Gasteiger partial charge >= 0.3 is 0 Å². The number of anilines is 2. The Morgan fingerprint density at radius 1 is 1.26 bits per heavy atom. The number of aliphatic hydroxyl groups excluding tert-OH is 1. The van der Waals surface area contributed by atoms with E-state index in [-0.39, 0.29) is 6.10 Å². The largest absolute Gasteiger partial charge is 0.391 e. The van der Waals surface area contributed by atoms with Crippen molar-refractivity contribution in [3.05, 3.63) is 11.9 Å². The van der Waals surface area contributed by atoms with Gasteiger partial charge in [-0.1, -0.05) is 13.3 Å². The average molecular weight is 268 g/mol. The molecule has 1 atom stereocenters. The van der Waals surface area contributed by atoms with Crippen LogP contribution in [0.1, 0.15) is 32.5 Å². The molecule has 6 nitrogen and oxygen atoms in total. The zero-order valence-electron chi connectivity index (χ0n) is 11.9. The van der Waals surface area contributed by atoms with Crippen LogP contribution >= 0.6 is 0 Å². The van der Waals surface area contributed by atoms with Crippen LogP contribution in [0.15, 0.2) is 6.07 Å². The van der Waals surface area contributed by atoms with Crippen molar-refractivity contribution in [2.45, 2.75) is 39.4 Å². The van der Waals surface area contributed by atoms with E-state index in [1.807, 2.05) is 19.9 Å². The molecule has 19 heavy (non-hydrogen) atoms. The van der Waals surface area contributed by atoms with Gasteiger partial charge in [0.2, 0.25) is 0 Å². The van der Waals surface area contributed by atoms with Crippen molar-refractivity contribution in [1.29, 1.82) is 0 Å². The third-order valence-electron chi connectivity index (χ3n) is 2.54. The molecule has 1 aromatic rings. The van der Waals surface area contributed by atoms with E-state index >= 15 is 0 Å². The van der Waals surface area contributed by atoms with E-state index < -0.39 is 0 Å². The third kappa shape index (κ3) is 5.85. The Hall–Kier alpha value is -1.40. The molecule has 0 saturated carbocycles. The smallest absolute Gasteiger partial charge is 0.158 e. The number of aromatic nitrogens is 2. The maximum atomic E-state index is 9.71. The highest BCUT2D eigenvalue weighted by atomic mass is 16.5. The van der Waals surface area contributed by atoms with Gasteiger partial charge in [0.15, 0.2) is 5.82 Å². The lowest BCUT2D eigenvalue weighted by Crippen LogP contribution is -2.20. The molecule has 1 aromatic heterocycles. The molecule has 3 N–H and O–H groups in total. The number of nitrogens with one attached hydrogen (secondary N) is 2. The molecule has 6 heteroatoms. The molecule has 0 saturated heterocycles. The zero-order chi connectivity index (χ0) is 14.1. The first kappa shape index (κ1) is 15.7. The van der Waals surface area contributed by atoms with E-state index in [1.165, 1.54) is 0 Å². The van der Waals surface area contributed by atoms with Crippen molar-refractivity contribution < 1.29 is 9.84 Å². The Morgan fingerprint density at radius 2 is 1.95 bits per heavy atom. The van der Waals surface area contributed by atoms with E-state index in [0.29, 0.717) is 24.8 Å². The molecule has 0 aromatic carbocycles. The Labute approximate surface area is 114 Å². The number of hydrogen-bond acceptors (Lipinski definition) is 6. The van der Waals surface area contributed by atoms with Crippen LogP contribution in [0.2, 0.25) is 0 Å². The molecule has 1 unspecified atom stereocenters. The molecular weight excluding hydrogens is 244 g/mol. The SMILES string of the molecule is CCCC(O)CNc1cc(NCC)nc(COC)n1. The number of nitrogens with zero attached hydrogens (tertiary/aromatic N) is 2. The topological polar surface area (TPSA) is 79.3 Å². The summed E-state index contributed by atoms with van der Waals surface area (Å²) in [5.41, 5.74) is 0. The van der Waals surface area contributed by atoms with E-state index in [4.69, 9.17) is 4.74 Å². The lowest BCUT2D eigenvalue weighted by atomic mass is 10.2. The summed E-state index contributed by atoms with van der Waals surface area (Å²) in [5.74, 6) is 2.08. The molecule has 0 aliphatic rings. The summed E-state index contributed by atoms with van der Waals surface area (Å²) < 4.78 is 5.05. The second kappa shape index (κ2) is 8.66. The Kier molecular flexibility index (Phi) is 7.14. The molecule has 0 bridgehead atoms. The maximum absolute atomic E-state index is 9.71. The summed E-state index contributed by atoms with van der Waals surface area (Å²) in [7, 11) is 1.61. The lowest BCUT2D eigenvalue weighted by molar-refractivity contribution is 0.175. The quantitative estimate of drug-likeness (QED) is 0.631. The normalized spacial score (nSPS) is 12.2. The first-order valence-corrected chi connectivity index (χ1v) is 6.72. The first-order chi connectivity index (χ1) is 9.19. The van der Waals surface area contributed by atoms with Crippen molar-refractivity contribution in [2.75, 3.05) is 30.8 Å². The summed E-state index contributed by atoms with van der Waals surface area (Å²) in [4.78, 5) is 8.67. The summed E-state index contributed by atoms with van der Waals surface area (Å²) in [5, 5.41) is 16.0. The molecule has 0 amide bonds. The van der Waals surface area contributed by atoms with Crippen LogP contribution in [-0.2, 0) is 11.3 Å². The van der Waals surface area contributed by atoms with Gasteiger partial charge in [-0.25, -0.2) is 9.97 Å². The highest BCUT2D eigenvalue weighted by molar-refractivity contribution is 5.47. The van der Waals surface area contributed by atoms with Gasteiger partial charge in [-0.2, -0.15) is 0 Å². The van der Waals surface area contributed by atoms with Crippen LogP contribution in [0.5, 0.6) is 0 Å². The van der Waals surface area contributed by atoms with Crippen LogP contribution in [0, 0.1) is 0 Å². The molecule has 0 radical (unpaired) electrons. The van der Waals surface area contributed by atoms with Gasteiger partial charge in [-0.15, -0.1) is 0 Å². The Morgan fingerprint density at radius 3 is 2.53 bits per heavy atom. The molecule has 108 valence electrons. The minimum Gasteiger partial charge on any atom is -0.391 e. The third-order valence-corrected chi connectivity index (χ3v) is 2.54. The van der Waals surface area contributed by atoms with Crippen LogP contribution in [-0.4, -0.2) is 41.4 Å². The fourth-order valence-electron chi connectivity index (χ4n) is 1.71. The second-order valence-corrected chi connectivity index (χ2v) is 4.34. The predicted octanol–water partition coefficient (Wildman–Crippen LogP) is 1.63. The van der Waals surface area contributed by atoms with E-state index in [1.54, 1.807) is 7.11 Å². The minimum absolute atomic E-state index is 0.353. The summed E-state index contributed by atoms with van der Waals surface area (Å²) in [6.45, 7) is 5.71. The van der Waals surface area contributed by atoms with Gasteiger partial charge in [0.25, 0.3) is 0 Å². The van der Waals surface area contributed by atoms with E-state index in [2.05, 4.69) is 20.6 Å². The van der Waals surface area contributed by atoms with Crippen molar-refractivity contribution in [1.82, 2.24) is 9.97 Å². The summed E-state index contributed by atoms with van der Waals surface area (Å²) in [6.07, 6.45) is 1.39. The van der Waals surface area contributed by atoms with Crippen LogP contribution in [0.4, 0.5) is 11.6 Å². The number of rotatable bonds is 9. The molecule has 1 heterocycles. The molecule has 0 aliphatic heterocycles. The Bertz CT molecular complexity index is 349. The highest BCUT2D eigenvalue weighted by Gasteiger charge is 2.06. The van der Waals surface area contributed by atoms with Gasteiger partial charge in [-0.3, -0.25) is 0 Å². The first-order valence-electron chi connectivity index (χ1n) is 6.72. The number of methoxy groups -OCH3 is 1. The zero-order valence-corrected chi connectivity index (χ0v) is 11.9. The standard InChI is InChI=1S/C13H24N4O2/c1-4-6-10(18)8-15-12-7-11(14-5-2)16-13(17-12)9-19-3/h7,10,18H,4-6,8-9H2,1-3H3,(H2,14,15,16,17). The van der Waals surface area contributed by atoms with Crippen molar-refractivity contribution in [2.24, 2.45) is 0 Å². The van der Waals surface area contributed by atoms with Crippen LogP contribution < -0.4 is 10.6 Å². The molecular formula is C13H24N4O2. The molecule has 1 rings (SSSR count). The van der Waals surface area contributed by atoms with E-state index in [0.717, 1.165) is 25.2 Å². The molecule has 0 fully saturated rings. The number of aliphatic hydroxyl groups is 1. The fourth-order valence-corrected chi connectivity index (χ4v) is 1.71. The van der Waals surface area contributed by atoms with Gasteiger partial charge in [0.05, 0.1) is 6.10 Å². The maximum Gasteiger partial charge on any atom is 0.158 e. The van der Waals surface area contributed by atoms with Crippen LogP contribution in [0.25, 0.3) is 0 Å². The fraction of sp³-hybridized carbons (Fsp3) is 0.692. The van der Waals surface area contributed by atoms with Gasteiger partial charge in [-0.05, 0) is 13.3 Å². The number of hydrogen-bond donors (Lipinski definition) is 3. The summed E-state index contributed by atoms with van der Waals surface area (Å²) in [6, 6.07) is 1.83. The van der Waals surface area contributed by atoms with Gasteiger partial charge in [0, 0.05) is 26.3 Å².